The molecule has 6 heteroatoms. The summed E-state index contributed by atoms with van der Waals surface area (Å²) in [5.74, 6) is 0. The molecule has 0 saturated carbocycles. The van der Waals surface area contributed by atoms with E-state index in [1.54, 1.807) is 19.9 Å². The SMILES string of the molecule is CC(O)C(C)(C)NS(=O)(=O)c1cccnc1. The second kappa shape index (κ2) is 4.48. The zero-order valence-corrected chi connectivity index (χ0v) is 10.3. The van der Waals surface area contributed by atoms with Crippen LogP contribution in [-0.2, 0) is 10.0 Å². The lowest BCUT2D eigenvalue weighted by atomic mass is 10.0. The molecule has 1 atom stereocenters. The van der Waals surface area contributed by atoms with Crippen molar-refractivity contribution >= 4 is 10.0 Å². The molecule has 0 fully saturated rings. The van der Waals surface area contributed by atoms with Crippen LogP contribution < -0.4 is 4.72 Å². The fourth-order valence-electron chi connectivity index (χ4n) is 0.997. The molecule has 0 aliphatic heterocycles. The first-order chi connectivity index (χ1) is 7.26. The number of sulfonamides is 1. The summed E-state index contributed by atoms with van der Waals surface area (Å²) in [6.45, 7) is 4.77. The number of hydrogen-bond acceptors (Lipinski definition) is 4. The molecule has 1 aromatic heterocycles. The highest BCUT2D eigenvalue weighted by molar-refractivity contribution is 7.89. The van der Waals surface area contributed by atoms with E-state index in [-0.39, 0.29) is 4.90 Å². The monoisotopic (exact) mass is 244 g/mol. The highest BCUT2D eigenvalue weighted by atomic mass is 32.2. The van der Waals surface area contributed by atoms with Crippen molar-refractivity contribution in [2.45, 2.75) is 37.3 Å². The van der Waals surface area contributed by atoms with E-state index < -0.39 is 21.7 Å². The molecular weight excluding hydrogens is 228 g/mol. The largest absolute Gasteiger partial charge is 0.391 e. The van der Waals surface area contributed by atoms with Crippen molar-refractivity contribution in [2.24, 2.45) is 0 Å². The molecular formula is C10H16N2O3S. The number of aliphatic hydroxyl groups excluding tert-OH is 1. The molecule has 16 heavy (non-hydrogen) atoms. The average Bonchev–Trinajstić information content (AvgIpc) is 2.17. The Hall–Kier alpha value is -0.980. The zero-order valence-electron chi connectivity index (χ0n) is 9.51. The Labute approximate surface area is 95.6 Å². The molecule has 5 nitrogen and oxygen atoms in total. The van der Waals surface area contributed by atoms with Gasteiger partial charge < -0.3 is 5.11 Å². The van der Waals surface area contributed by atoms with Gasteiger partial charge >= 0.3 is 0 Å². The van der Waals surface area contributed by atoms with Gasteiger partial charge in [-0.3, -0.25) is 4.98 Å². The van der Waals surface area contributed by atoms with Gasteiger partial charge in [-0.2, -0.15) is 0 Å². The third kappa shape index (κ3) is 3.01. The van der Waals surface area contributed by atoms with Gasteiger partial charge in [-0.1, -0.05) is 0 Å². The topological polar surface area (TPSA) is 79.3 Å². The summed E-state index contributed by atoms with van der Waals surface area (Å²) in [5, 5.41) is 9.45. The molecule has 0 saturated heterocycles. The van der Waals surface area contributed by atoms with Crippen LogP contribution in [0.3, 0.4) is 0 Å². The molecule has 1 rings (SSSR count). The van der Waals surface area contributed by atoms with E-state index in [9.17, 15) is 13.5 Å². The minimum absolute atomic E-state index is 0.0868. The van der Waals surface area contributed by atoms with Gasteiger partial charge in [0.15, 0.2) is 0 Å². The van der Waals surface area contributed by atoms with E-state index in [4.69, 9.17) is 0 Å². The van der Waals surface area contributed by atoms with E-state index in [0.717, 1.165) is 0 Å². The summed E-state index contributed by atoms with van der Waals surface area (Å²) in [4.78, 5) is 3.83. The van der Waals surface area contributed by atoms with Crippen LogP contribution in [0.4, 0.5) is 0 Å². The van der Waals surface area contributed by atoms with Gasteiger partial charge in [-0.05, 0) is 32.9 Å². The van der Waals surface area contributed by atoms with Gasteiger partial charge in [-0.15, -0.1) is 0 Å². The van der Waals surface area contributed by atoms with E-state index >= 15 is 0 Å². The van der Waals surface area contributed by atoms with Crippen LogP contribution in [0.15, 0.2) is 29.4 Å². The van der Waals surface area contributed by atoms with Crippen molar-refractivity contribution in [2.75, 3.05) is 0 Å². The average molecular weight is 244 g/mol. The van der Waals surface area contributed by atoms with Crippen LogP contribution in [-0.4, -0.2) is 30.2 Å². The van der Waals surface area contributed by atoms with Crippen LogP contribution in [0.5, 0.6) is 0 Å². The Morgan fingerprint density at radius 3 is 2.56 bits per heavy atom. The van der Waals surface area contributed by atoms with E-state index in [2.05, 4.69) is 9.71 Å². The van der Waals surface area contributed by atoms with Gasteiger partial charge in [0.1, 0.15) is 4.90 Å². The third-order valence-electron chi connectivity index (χ3n) is 2.39. The second-order valence-electron chi connectivity index (χ2n) is 4.19. The maximum Gasteiger partial charge on any atom is 0.242 e. The lowest BCUT2D eigenvalue weighted by Crippen LogP contribution is -2.50. The normalized spacial score (nSPS) is 14.8. The molecule has 1 heterocycles. The van der Waals surface area contributed by atoms with E-state index in [0.29, 0.717) is 0 Å². The number of aliphatic hydroxyl groups is 1. The Morgan fingerprint density at radius 1 is 1.50 bits per heavy atom. The summed E-state index contributed by atoms with van der Waals surface area (Å²) in [6, 6.07) is 3.00. The molecule has 1 aromatic rings. The molecule has 2 N–H and O–H groups in total. The highest BCUT2D eigenvalue weighted by Crippen LogP contribution is 2.14. The molecule has 0 radical (unpaired) electrons. The molecule has 0 aliphatic carbocycles. The molecule has 0 aliphatic rings. The Morgan fingerprint density at radius 2 is 2.12 bits per heavy atom. The first kappa shape index (κ1) is 13.1. The first-order valence-electron chi connectivity index (χ1n) is 4.88. The second-order valence-corrected chi connectivity index (χ2v) is 5.87. The zero-order chi connectivity index (χ0) is 12.4. The smallest absolute Gasteiger partial charge is 0.242 e. The number of aromatic nitrogens is 1. The predicted molar refractivity (Wildman–Crippen MR) is 60.3 cm³/mol. The minimum Gasteiger partial charge on any atom is -0.391 e. The molecule has 0 bridgehead atoms. The van der Waals surface area contributed by atoms with E-state index in [1.165, 1.54) is 25.4 Å². The summed E-state index contributed by atoms with van der Waals surface area (Å²) >= 11 is 0. The van der Waals surface area contributed by atoms with Crippen molar-refractivity contribution in [3.8, 4) is 0 Å². The molecule has 1 unspecified atom stereocenters. The van der Waals surface area contributed by atoms with Gasteiger partial charge in [0, 0.05) is 12.4 Å². The van der Waals surface area contributed by atoms with Crippen LogP contribution in [0.2, 0.25) is 0 Å². The molecule has 90 valence electrons. The van der Waals surface area contributed by atoms with Crippen LogP contribution >= 0.6 is 0 Å². The minimum atomic E-state index is -3.64. The summed E-state index contributed by atoms with van der Waals surface area (Å²) < 4.78 is 26.2. The molecule has 0 amide bonds. The maximum atomic E-state index is 11.9. The van der Waals surface area contributed by atoms with Gasteiger partial charge in [0.05, 0.1) is 11.6 Å². The third-order valence-corrected chi connectivity index (χ3v) is 4.04. The predicted octanol–water partition coefficient (Wildman–Crippen LogP) is 0.519. The number of pyridine rings is 1. The van der Waals surface area contributed by atoms with Gasteiger partial charge in [-0.25, -0.2) is 13.1 Å². The number of nitrogens with one attached hydrogen (secondary N) is 1. The summed E-state index contributed by atoms with van der Waals surface area (Å²) in [6.07, 6.45) is 1.97. The van der Waals surface area contributed by atoms with E-state index in [1.807, 2.05) is 0 Å². The quantitative estimate of drug-likeness (QED) is 0.809. The fraction of sp³-hybridized carbons (Fsp3) is 0.500. The summed E-state index contributed by atoms with van der Waals surface area (Å²) in [7, 11) is -3.64. The highest BCUT2D eigenvalue weighted by Gasteiger charge is 2.30. The fourth-order valence-corrected chi connectivity index (χ4v) is 2.43. The number of hydrogen-bond donors (Lipinski definition) is 2. The lowest BCUT2D eigenvalue weighted by Gasteiger charge is -2.28. The van der Waals surface area contributed by atoms with Crippen LogP contribution in [0.1, 0.15) is 20.8 Å². The standard InChI is InChI=1S/C10H16N2O3S/c1-8(13)10(2,3)12-16(14,15)9-5-4-6-11-7-9/h4-8,12-13H,1-3H3. The number of nitrogens with zero attached hydrogens (tertiary/aromatic N) is 1. The Balaban J connectivity index is 2.98. The first-order valence-corrected chi connectivity index (χ1v) is 6.36. The van der Waals surface area contributed by atoms with Crippen molar-refractivity contribution in [3.05, 3.63) is 24.5 Å². The van der Waals surface area contributed by atoms with Crippen molar-refractivity contribution < 1.29 is 13.5 Å². The molecule has 0 spiro atoms. The maximum absolute atomic E-state index is 11.9. The lowest BCUT2D eigenvalue weighted by molar-refractivity contribution is 0.111. The van der Waals surface area contributed by atoms with Gasteiger partial charge in [0.25, 0.3) is 0 Å². The van der Waals surface area contributed by atoms with Crippen LogP contribution in [0.25, 0.3) is 0 Å². The van der Waals surface area contributed by atoms with Crippen molar-refractivity contribution in [1.82, 2.24) is 9.71 Å². The molecule has 0 aromatic carbocycles. The number of rotatable bonds is 4. The Kier molecular flexibility index (Phi) is 3.67. The summed E-state index contributed by atoms with van der Waals surface area (Å²) in [5.41, 5.74) is -0.922. The van der Waals surface area contributed by atoms with Gasteiger partial charge in [0.2, 0.25) is 10.0 Å². The van der Waals surface area contributed by atoms with Crippen molar-refractivity contribution in [3.63, 3.8) is 0 Å². The Bertz CT molecular complexity index is 440. The van der Waals surface area contributed by atoms with Crippen LogP contribution in [0, 0.1) is 0 Å². The van der Waals surface area contributed by atoms with Crippen molar-refractivity contribution in [1.29, 1.82) is 0 Å².